The minimum absolute atomic E-state index is 0.391. The predicted octanol–water partition coefficient (Wildman–Crippen LogP) is 2.15. The highest BCUT2D eigenvalue weighted by molar-refractivity contribution is 5.12. The Bertz CT molecular complexity index is 164. The molecule has 0 N–H and O–H groups in total. The van der Waals surface area contributed by atoms with Crippen LogP contribution in [0, 0.1) is 11.3 Å². The molecule has 1 saturated heterocycles. The van der Waals surface area contributed by atoms with Crippen LogP contribution in [0.1, 0.15) is 20.8 Å². The lowest BCUT2D eigenvalue weighted by Crippen LogP contribution is -2.24. The molecule has 1 heteroatoms. The van der Waals surface area contributed by atoms with Gasteiger partial charge in [0.1, 0.15) is 0 Å². The van der Waals surface area contributed by atoms with Crippen molar-refractivity contribution in [2.24, 2.45) is 11.3 Å². The third kappa shape index (κ3) is 1.84. The molecule has 1 nitrogen and oxygen atoms in total. The lowest BCUT2D eigenvalue weighted by Gasteiger charge is -2.27. The van der Waals surface area contributed by atoms with E-state index in [9.17, 15) is 0 Å². The molecule has 0 aromatic heterocycles. The highest BCUT2D eigenvalue weighted by Gasteiger charge is 2.32. The van der Waals surface area contributed by atoms with Crippen LogP contribution in [-0.4, -0.2) is 25.0 Å². The van der Waals surface area contributed by atoms with Gasteiger partial charge in [0.05, 0.1) is 0 Å². The molecular weight excluding hydrogens is 134 g/mol. The maximum atomic E-state index is 4.11. The lowest BCUT2D eigenvalue weighted by atomic mass is 9.78. The van der Waals surface area contributed by atoms with Crippen molar-refractivity contribution in [2.75, 3.05) is 20.1 Å². The van der Waals surface area contributed by atoms with Crippen molar-refractivity contribution in [2.45, 2.75) is 20.8 Å². The zero-order chi connectivity index (χ0) is 8.65. The number of rotatable bonds is 0. The summed E-state index contributed by atoms with van der Waals surface area (Å²) in [5, 5.41) is 0. The summed E-state index contributed by atoms with van der Waals surface area (Å²) in [6, 6.07) is 0. The second-order valence-electron chi connectivity index (χ2n) is 4.77. The van der Waals surface area contributed by atoms with Crippen LogP contribution in [0.4, 0.5) is 0 Å². The largest absolute Gasteiger partial charge is 0.302 e. The van der Waals surface area contributed by atoms with E-state index in [1.54, 1.807) is 0 Å². The fraction of sp³-hybridized carbons (Fsp3) is 0.800. The summed E-state index contributed by atoms with van der Waals surface area (Å²) >= 11 is 0. The van der Waals surface area contributed by atoms with Crippen LogP contribution in [0.15, 0.2) is 12.2 Å². The third-order valence-electron chi connectivity index (χ3n) is 2.51. The first-order valence-corrected chi connectivity index (χ1v) is 4.27. The van der Waals surface area contributed by atoms with Gasteiger partial charge in [-0.25, -0.2) is 0 Å². The highest BCUT2D eigenvalue weighted by Crippen LogP contribution is 2.35. The molecule has 64 valence electrons. The molecule has 0 saturated carbocycles. The molecule has 1 rings (SSSR count). The van der Waals surface area contributed by atoms with E-state index < -0.39 is 0 Å². The Balaban J connectivity index is 2.68. The van der Waals surface area contributed by atoms with Crippen molar-refractivity contribution >= 4 is 0 Å². The van der Waals surface area contributed by atoms with Gasteiger partial charge in [-0.2, -0.15) is 0 Å². The summed E-state index contributed by atoms with van der Waals surface area (Å²) in [7, 11) is 2.16. The smallest absolute Gasteiger partial charge is 0.0190 e. The monoisotopic (exact) mass is 153 g/mol. The number of hydrogen-bond acceptors (Lipinski definition) is 1. The van der Waals surface area contributed by atoms with E-state index in [2.05, 4.69) is 39.3 Å². The van der Waals surface area contributed by atoms with Crippen molar-refractivity contribution in [1.29, 1.82) is 0 Å². The first kappa shape index (κ1) is 8.79. The van der Waals surface area contributed by atoms with Crippen LogP contribution >= 0.6 is 0 Å². The molecular formula is C10H19N. The molecule has 1 aliphatic heterocycles. The molecule has 1 fully saturated rings. The summed E-state index contributed by atoms with van der Waals surface area (Å²) in [6.45, 7) is 13.3. The van der Waals surface area contributed by atoms with E-state index in [4.69, 9.17) is 0 Å². The van der Waals surface area contributed by atoms with Gasteiger partial charge in [-0.05, 0) is 18.4 Å². The second-order valence-corrected chi connectivity index (χ2v) is 4.77. The zero-order valence-electron chi connectivity index (χ0n) is 8.15. The van der Waals surface area contributed by atoms with E-state index >= 15 is 0 Å². The summed E-state index contributed by atoms with van der Waals surface area (Å²) in [5.74, 6) is 0.687. The average Bonchev–Trinajstić information content (AvgIpc) is 2.08. The number of hydrogen-bond donors (Lipinski definition) is 0. The SMILES string of the molecule is C=C1CN(C)CC1C(C)(C)C. The molecule has 0 aromatic rings. The van der Waals surface area contributed by atoms with Gasteiger partial charge in [0.25, 0.3) is 0 Å². The minimum atomic E-state index is 0.391. The molecule has 11 heavy (non-hydrogen) atoms. The van der Waals surface area contributed by atoms with Gasteiger partial charge < -0.3 is 4.90 Å². The van der Waals surface area contributed by atoms with E-state index in [-0.39, 0.29) is 0 Å². The van der Waals surface area contributed by atoms with Gasteiger partial charge in [0.15, 0.2) is 0 Å². The normalized spacial score (nSPS) is 28.0. The molecule has 0 aromatic carbocycles. The second kappa shape index (κ2) is 2.63. The minimum Gasteiger partial charge on any atom is -0.302 e. The summed E-state index contributed by atoms with van der Waals surface area (Å²) in [4.78, 5) is 2.35. The molecule has 0 radical (unpaired) electrons. The first-order chi connectivity index (χ1) is 4.91. The van der Waals surface area contributed by atoms with Crippen molar-refractivity contribution in [3.63, 3.8) is 0 Å². The summed E-state index contributed by atoms with van der Waals surface area (Å²) in [6.07, 6.45) is 0. The lowest BCUT2D eigenvalue weighted by molar-refractivity contribution is 0.262. The van der Waals surface area contributed by atoms with E-state index in [0.717, 1.165) is 6.54 Å². The Labute approximate surface area is 70.1 Å². The molecule has 1 aliphatic rings. The Morgan fingerprint density at radius 1 is 1.45 bits per heavy atom. The average molecular weight is 153 g/mol. The fourth-order valence-electron chi connectivity index (χ4n) is 1.85. The fourth-order valence-corrected chi connectivity index (χ4v) is 1.85. The van der Waals surface area contributed by atoms with Gasteiger partial charge in [0, 0.05) is 13.1 Å². The number of likely N-dealkylation sites (tertiary alicyclic amines) is 1. The molecule has 0 spiro atoms. The van der Waals surface area contributed by atoms with Crippen molar-refractivity contribution in [3.8, 4) is 0 Å². The van der Waals surface area contributed by atoms with Gasteiger partial charge in [0.2, 0.25) is 0 Å². The number of likely N-dealkylation sites (N-methyl/N-ethyl adjacent to an activating group) is 1. The first-order valence-electron chi connectivity index (χ1n) is 4.27. The van der Waals surface area contributed by atoms with E-state index in [1.807, 2.05) is 0 Å². The molecule has 1 atom stereocenters. The summed E-state index contributed by atoms with van der Waals surface area (Å²) < 4.78 is 0. The molecule has 0 amide bonds. The Hall–Kier alpha value is -0.300. The van der Waals surface area contributed by atoms with Crippen LogP contribution in [0.2, 0.25) is 0 Å². The maximum Gasteiger partial charge on any atom is 0.0190 e. The van der Waals surface area contributed by atoms with Gasteiger partial charge >= 0.3 is 0 Å². The predicted molar refractivity (Wildman–Crippen MR) is 49.6 cm³/mol. The van der Waals surface area contributed by atoms with E-state index in [1.165, 1.54) is 12.1 Å². The van der Waals surface area contributed by atoms with Crippen LogP contribution in [0.3, 0.4) is 0 Å². The van der Waals surface area contributed by atoms with Crippen molar-refractivity contribution < 1.29 is 0 Å². The van der Waals surface area contributed by atoms with E-state index in [0.29, 0.717) is 11.3 Å². The Kier molecular flexibility index (Phi) is 2.10. The van der Waals surface area contributed by atoms with Crippen LogP contribution in [-0.2, 0) is 0 Å². The Morgan fingerprint density at radius 2 is 2.00 bits per heavy atom. The van der Waals surface area contributed by atoms with Crippen LogP contribution in [0.25, 0.3) is 0 Å². The van der Waals surface area contributed by atoms with Gasteiger partial charge in [-0.3, -0.25) is 0 Å². The van der Waals surface area contributed by atoms with Gasteiger partial charge in [-0.15, -0.1) is 0 Å². The molecule has 1 heterocycles. The zero-order valence-corrected chi connectivity index (χ0v) is 8.15. The molecule has 0 bridgehead atoms. The van der Waals surface area contributed by atoms with Crippen molar-refractivity contribution in [3.05, 3.63) is 12.2 Å². The summed E-state index contributed by atoms with van der Waals surface area (Å²) in [5.41, 5.74) is 1.79. The van der Waals surface area contributed by atoms with Crippen LogP contribution < -0.4 is 0 Å². The quantitative estimate of drug-likeness (QED) is 0.482. The van der Waals surface area contributed by atoms with Gasteiger partial charge in [-0.1, -0.05) is 32.9 Å². The Morgan fingerprint density at radius 3 is 2.18 bits per heavy atom. The maximum absolute atomic E-state index is 4.11. The molecule has 0 aliphatic carbocycles. The van der Waals surface area contributed by atoms with Crippen LogP contribution in [0.5, 0.6) is 0 Å². The highest BCUT2D eigenvalue weighted by atomic mass is 15.1. The molecule has 1 unspecified atom stereocenters. The topological polar surface area (TPSA) is 3.24 Å². The van der Waals surface area contributed by atoms with Crippen molar-refractivity contribution in [1.82, 2.24) is 4.90 Å². The third-order valence-corrected chi connectivity index (χ3v) is 2.51. The standard InChI is InChI=1S/C10H19N/c1-8-6-11(5)7-9(8)10(2,3)4/h9H,1,6-7H2,2-5H3. The number of nitrogens with zero attached hydrogens (tertiary/aromatic N) is 1.